The van der Waals surface area contributed by atoms with Crippen LogP contribution in [0, 0.1) is 5.82 Å². The number of benzene rings is 1. The second kappa shape index (κ2) is 7.53. The molecule has 2 heterocycles. The maximum absolute atomic E-state index is 13.5. The lowest BCUT2D eigenvalue weighted by atomic mass is 10.2. The summed E-state index contributed by atoms with van der Waals surface area (Å²) >= 11 is 1.50. The fourth-order valence-electron chi connectivity index (χ4n) is 3.01. The minimum Gasteiger partial charge on any atom is -0.378 e. The number of ether oxygens (including phenoxy) is 1. The molecule has 24 heavy (non-hydrogen) atoms. The SMILES string of the molecule is C[C@H]1S[C@@H](c2cccc(F)c2)N(CCC(=O)N2CCOCC2)C1=O. The molecule has 0 aliphatic carbocycles. The summed E-state index contributed by atoms with van der Waals surface area (Å²) in [6, 6.07) is 6.32. The molecule has 2 aliphatic heterocycles. The van der Waals surface area contributed by atoms with Gasteiger partial charge in [0.05, 0.1) is 18.5 Å². The largest absolute Gasteiger partial charge is 0.378 e. The molecule has 2 saturated heterocycles. The number of amides is 2. The molecule has 3 rings (SSSR count). The van der Waals surface area contributed by atoms with E-state index in [1.54, 1.807) is 15.9 Å². The number of carbonyl (C=O) groups is 2. The van der Waals surface area contributed by atoms with E-state index in [1.165, 1.54) is 23.9 Å². The lowest BCUT2D eigenvalue weighted by molar-refractivity contribution is -0.136. The highest BCUT2D eigenvalue weighted by Gasteiger charge is 2.38. The number of rotatable bonds is 4. The number of hydrogen-bond acceptors (Lipinski definition) is 4. The van der Waals surface area contributed by atoms with E-state index < -0.39 is 0 Å². The third-order valence-electron chi connectivity index (χ3n) is 4.31. The molecule has 2 amide bonds. The fourth-order valence-corrected chi connectivity index (χ4v) is 4.31. The Balaban J connectivity index is 1.67. The van der Waals surface area contributed by atoms with Gasteiger partial charge in [0.15, 0.2) is 0 Å². The van der Waals surface area contributed by atoms with Crippen LogP contribution in [0.25, 0.3) is 0 Å². The zero-order valence-corrected chi connectivity index (χ0v) is 14.4. The predicted molar refractivity (Wildman–Crippen MR) is 89.9 cm³/mol. The van der Waals surface area contributed by atoms with Crippen LogP contribution in [0.5, 0.6) is 0 Å². The molecule has 2 fully saturated rings. The molecule has 0 bridgehead atoms. The summed E-state index contributed by atoms with van der Waals surface area (Å²) in [5.74, 6) is -0.276. The normalized spacial score (nSPS) is 24.5. The number of halogens is 1. The zero-order valence-electron chi connectivity index (χ0n) is 13.6. The molecule has 0 saturated carbocycles. The van der Waals surface area contributed by atoms with E-state index in [0.717, 1.165) is 5.56 Å². The van der Waals surface area contributed by atoms with Crippen molar-refractivity contribution < 1.29 is 18.7 Å². The highest BCUT2D eigenvalue weighted by molar-refractivity contribution is 8.01. The van der Waals surface area contributed by atoms with Crippen molar-refractivity contribution >= 4 is 23.6 Å². The molecule has 7 heteroatoms. The van der Waals surface area contributed by atoms with E-state index in [4.69, 9.17) is 4.74 Å². The van der Waals surface area contributed by atoms with Crippen molar-refractivity contribution in [2.45, 2.75) is 24.0 Å². The Bertz CT molecular complexity index is 622. The Morgan fingerprint density at radius 3 is 2.83 bits per heavy atom. The molecular weight excluding hydrogens is 331 g/mol. The minimum atomic E-state index is -0.315. The summed E-state index contributed by atoms with van der Waals surface area (Å²) in [6.45, 7) is 4.54. The molecule has 5 nitrogen and oxygen atoms in total. The van der Waals surface area contributed by atoms with Crippen molar-refractivity contribution in [2.24, 2.45) is 0 Å². The Hall–Kier alpha value is -1.60. The third-order valence-corrected chi connectivity index (χ3v) is 5.71. The predicted octanol–water partition coefficient (Wildman–Crippen LogP) is 2.04. The Labute approximate surface area is 145 Å². The Morgan fingerprint density at radius 2 is 2.12 bits per heavy atom. The van der Waals surface area contributed by atoms with Crippen molar-refractivity contribution in [3.05, 3.63) is 35.6 Å². The van der Waals surface area contributed by atoms with Crippen LogP contribution in [0.15, 0.2) is 24.3 Å². The first-order chi connectivity index (χ1) is 11.6. The second-order valence-corrected chi connectivity index (χ2v) is 7.39. The van der Waals surface area contributed by atoms with Crippen LogP contribution in [0.3, 0.4) is 0 Å². The average molecular weight is 352 g/mol. The molecule has 2 aliphatic rings. The molecule has 2 atom stereocenters. The second-order valence-electron chi connectivity index (χ2n) is 5.96. The fraction of sp³-hybridized carbons (Fsp3) is 0.529. The molecule has 1 aromatic carbocycles. The van der Waals surface area contributed by atoms with Crippen LogP contribution in [-0.4, -0.2) is 59.7 Å². The molecule has 0 radical (unpaired) electrons. The number of hydrogen-bond donors (Lipinski definition) is 0. The van der Waals surface area contributed by atoms with Gasteiger partial charge in [-0.1, -0.05) is 12.1 Å². The molecule has 0 aromatic heterocycles. The van der Waals surface area contributed by atoms with Crippen molar-refractivity contribution in [3.63, 3.8) is 0 Å². The van der Waals surface area contributed by atoms with Crippen molar-refractivity contribution in [3.8, 4) is 0 Å². The monoisotopic (exact) mass is 352 g/mol. The van der Waals surface area contributed by atoms with Gasteiger partial charge < -0.3 is 14.5 Å². The third kappa shape index (κ3) is 3.72. The first-order valence-corrected chi connectivity index (χ1v) is 9.07. The molecular formula is C17H21FN2O3S. The first kappa shape index (κ1) is 17.2. The topological polar surface area (TPSA) is 49.9 Å². The van der Waals surface area contributed by atoms with Crippen LogP contribution < -0.4 is 0 Å². The van der Waals surface area contributed by atoms with Crippen LogP contribution in [0.2, 0.25) is 0 Å². The minimum absolute atomic E-state index is 0.00374. The molecule has 0 unspecified atom stereocenters. The van der Waals surface area contributed by atoms with Crippen molar-refractivity contribution in [1.29, 1.82) is 0 Å². The van der Waals surface area contributed by atoms with E-state index in [0.29, 0.717) is 32.8 Å². The Kier molecular flexibility index (Phi) is 5.40. The van der Waals surface area contributed by atoms with Gasteiger partial charge in [0.1, 0.15) is 11.2 Å². The Morgan fingerprint density at radius 1 is 1.38 bits per heavy atom. The van der Waals surface area contributed by atoms with Crippen LogP contribution in [0.1, 0.15) is 24.3 Å². The van der Waals surface area contributed by atoms with Gasteiger partial charge in [-0.2, -0.15) is 0 Å². The van der Waals surface area contributed by atoms with Gasteiger partial charge in [-0.25, -0.2) is 4.39 Å². The van der Waals surface area contributed by atoms with Gasteiger partial charge in [0.25, 0.3) is 0 Å². The zero-order chi connectivity index (χ0) is 17.1. The van der Waals surface area contributed by atoms with E-state index in [9.17, 15) is 14.0 Å². The number of carbonyl (C=O) groups excluding carboxylic acids is 2. The maximum Gasteiger partial charge on any atom is 0.236 e. The van der Waals surface area contributed by atoms with Crippen LogP contribution in [0.4, 0.5) is 4.39 Å². The summed E-state index contributed by atoms with van der Waals surface area (Å²) in [5, 5.41) is -0.419. The van der Waals surface area contributed by atoms with Gasteiger partial charge in [0.2, 0.25) is 11.8 Å². The lowest BCUT2D eigenvalue weighted by Crippen LogP contribution is -2.42. The summed E-state index contributed by atoms with van der Waals surface area (Å²) in [4.78, 5) is 28.2. The molecule has 130 valence electrons. The standard InChI is InChI=1S/C17H21FN2O3S/c1-12-16(22)20(6-5-15(21)19-7-9-23-10-8-19)17(24-12)13-3-2-4-14(18)11-13/h2-4,11-12,17H,5-10H2,1H3/t12-,17+/m1/s1. The highest BCUT2D eigenvalue weighted by atomic mass is 32.2. The first-order valence-electron chi connectivity index (χ1n) is 8.13. The van der Waals surface area contributed by atoms with Crippen LogP contribution in [-0.2, 0) is 14.3 Å². The van der Waals surface area contributed by atoms with E-state index in [2.05, 4.69) is 0 Å². The number of nitrogens with zero attached hydrogens (tertiary/aromatic N) is 2. The van der Waals surface area contributed by atoms with Gasteiger partial charge in [-0.3, -0.25) is 9.59 Å². The number of morpholine rings is 1. The van der Waals surface area contributed by atoms with Gasteiger partial charge in [-0.05, 0) is 24.6 Å². The average Bonchev–Trinajstić information content (AvgIpc) is 2.88. The lowest BCUT2D eigenvalue weighted by Gasteiger charge is -2.29. The van der Waals surface area contributed by atoms with E-state index >= 15 is 0 Å². The van der Waals surface area contributed by atoms with Crippen LogP contribution >= 0.6 is 11.8 Å². The summed E-state index contributed by atoms with van der Waals surface area (Å²) < 4.78 is 18.8. The quantitative estimate of drug-likeness (QED) is 0.832. The summed E-state index contributed by atoms with van der Waals surface area (Å²) in [5.41, 5.74) is 0.761. The molecule has 0 spiro atoms. The van der Waals surface area contributed by atoms with Crippen molar-refractivity contribution in [1.82, 2.24) is 9.80 Å². The smallest absolute Gasteiger partial charge is 0.236 e. The highest BCUT2D eigenvalue weighted by Crippen LogP contribution is 2.42. The molecule has 1 aromatic rings. The van der Waals surface area contributed by atoms with E-state index in [-0.39, 0.29) is 34.7 Å². The van der Waals surface area contributed by atoms with E-state index in [1.807, 2.05) is 13.0 Å². The van der Waals surface area contributed by atoms with Crippen molar-refractivity contribution in [2.75, 3.05) is 32.8 Å². The van der Waals surface area contributed by atoms with Gasteiger partial charge in [-0.15, -0.1) is 11.8 Å². The van der Waals surface area contributed by atoms with Gasteiger partial charge >= 0.3 is 0 Å². The molecule has 0 N–H and O–H groups in total. The van der Waals surface area contributed by atoms with Gasteiger partial charge in [0, 0.05) is 26.1 Å². The maximum atomic E-state index is 13.5. The number of thioether (sulfide) groups is 1. The summed E-state index contributed by atoms with van der Waals surface area (Å²) in [6.07, 6.45) is 0.283. The summed E-state index contributed by atoms with van der Waals surface area (Å²) in [7, 11) is 0.